The summed E-state index contributed by atoms with van der Waals surface area (Å²) < 4.78 is 52.9. The molecule has 0 fully saturated rings. The molecule has 6 heteroatoms. The molecule has 0 heterocycles. The van der Waals surface area contributed by atoms with Crippen molar-refractivity contribution in [1.29, 1.82) is 5.26 Å². The summed E-state index contributed by atoms with van der Waals surface area (Å²) in [5.74, 6) is -4.13. The summed E-state index contributed by atoms with van der Waals surface area (Å²) in [5.41, 5.74) is 0.959. The van der Waals surface area contributed by atoms with Crippen LogP contribution in [-0.2, 0) is 11.3 Å². The second kappa shape index (κ2) is 5.64. The number of ether oxygens (including phenoxy) is 1. The van der Waals surface area contributed by atoms with Gasteiger partial charge in [0.1, 0.15) is 6.61 Å². The van der Waals surface area contributed by atoms with Gasteiger partial charge in [-0.25, -0.2) is 8.78 Å². The fraction of sp³-hybridized carbons (Fsp3) is 0.364. The summed E-state index contributed by atoms with van der Waals surface area (Å²) in [7, 11) is 0. The predicted molar refractivity (Wildman–Crippen MR) is 51.8 cm³/mol. The van der Waals surface area contributed by atoms with Crippen molar-refractivity contribution in [2.45, 2.75) is 19.0 Å². The van der Waals surface area contributed by atoms with Gasteiger partial charge in [-0.15, -0.1) is 0 Å². The maximum Gasteiger partial charge on any atom is 0.330 e. The van der Waals surface area contributed by atoms with Crippen molar-refractivity contribution in [3.63, 3.8) is 0 Å². The first-order chi connectivity index (χ1) is 7.95. The van der Waals surface area contributed by atoms with Crippen LogP contribution in [0.3, 0.4) is 0 Å². The second-order valence-electron chi connectivity index (χ2n) is 3.36. The largest absolute Gasteiger partial charge is 0.370 e. The van der Waals surface area contributed by atoms with Crippen molar-refractivity contribution in [2.24, 2.45) is 0 Å². The van der Waals surface area contributed by atoms with E-state index in [9.17, 15) is 17.6 Å². The maximum absolute atomic E-state index is 12.4. The summed E-state index contributed by atoms with van der Waals surface area (Å²) in [6.45, 7) is -1.53. The van der Waals surface area contributed by atoms with Crippen LogP contribution in [0.25, 0.3) is 0 Å². The molecule has 0 radical (unpaired) electrons. The summed E-state index contributed by atoms with van der Waals surface area (Å²) in [6.07, 6.45) is -3.73. The van der Waals surface area contributed by atoms with Crippen molar-refractivity contribution in [2.75, 3.05) is 6.61 Å². The summed E-state index contributed by atoms with van der Waals surface area (Å²) in [5, 5.41) is 8.51. The molecule has 0 aliphatic carbocycles. The molecule has 0 saturated heterocycles. The number of hydrogen-bond donors (Lipinski definition) is 0. The summed E-state index contributed by atoms with van der Waals surface area (Å²) >= 11 is 0. The molecule has 0 atom stereocenters. The van der Waals surface area contributed by atoms with Crippen LogP contribution in [-0.4, -0.2) is 19.0 Å². The van der Waals surface area contributed by atoms with Crippen molar-refractivity contribution in [3.05, 3.63) is 35.4 Å². The quantitative estimate of drug-likeness (QED) is 0.749. The van der Waals surface area contributed by atoms with E-state index >= 15 is 0 Å². The highest BCUT2D eigenvalue weighted by Crippen LogP contribution is 2.23. The Bertz CT molecular complexity index is 397. The number of rotatable bonds is 5. The van der Waals surface area contributed by atoms with Crippen molar-refractivity contribution < 1.29 is 22.3 Å². The Morgan fingerprint density at radius 2 is 1.82 bits per heavy atom. The molecule has 0 saturated carbocycles. The number of benzene rings is 1. The number of nitrogens with zero attached hydrogens (tertiary/aromatic N) is 1. The van der Waals surface area contributed by atoms with Gasteiger partial charge < -0.3 is 4.74 Å². The molecule has 0 aromatic heterocycles. The molecule has 0 aliphatic heterocycles. The second-order valence-corrected chi connectivity index (χ2v) is 3.36. The van der Waals surface area contributed by atoms with E-state index in [1.54, 1.807) is 0 Å². The lowest BCUT2D eigenvalue weighted by atomic mass is 10.2. The third-order valence-corrected chi connectivity index (χ3v) is 1.97. The van der Waals surface area contributed by atoms with Gasteiger partial charge in [0.25, 0.3) is 0 Å². The SMILES string of the molecule is N#Cc1ccc(COCC(F)(F)C(F)F)cc1. The zero-order valence-corrected chi connectivity index (χ0v) is 8.67. The standard InChI is InChI=1S/C11H9F4NO/c12-10(13)11(14,15)7-17-6-9-3-1-8(5-16)2-4-9/h1-4,10H,6-7H2. The smallest absolute Gasteiger partial charge is 0.330 e. The van der Waals surface area contributed by atoms with Crippen molar-refractivity contribution in [3.8, 4) is 6.07 Å². The maximum atomic E-state index is 12.4. The first kappa shape index (κ1) is 13.5. The zero-order valence-electron chi connectivity index (χ0n) is 8.67. The van der Waals surface area contributed by atoms with Crippen molar-refractivity contribution in [1.82, 2.24) is 0 Å². The van der Waals surface area contributed by atoms with Gasteiger partial charge in [0, 0.05) is 0 Å². The highest BCUT2D eigenvalue weighted by molar-refractivity contribution is 5.31. The summed E-state index contributed by atoms with van der Waals surface area (Å²) in [4.78, 5) is 0. The van der Waals surface area contributed by atoms with Crippen LogP contribution in [0.15, 0.2) is 24.3 Å². The Balaban J connectivity index is 2.44. The lowest BCUT2D eigenvalue weighted by Crippen LogP contribution is -2.32. The lowest BCUT2D eigenvalue weighted by molar-refractivity contribution is -0.168. The van der Waals surface area contributed by atoms with Gasteiger partial charge in [-0.3, -0.25) is 0 Å². The average molecular weight is 247 g/mol. The van der Waals surface area contributed by atoms with Gasteiger partial charge in [-0.1, -0.05) is 12.1 Å². The van der Waals surface area contributed by atoms with E-state index < -0.39 is 19.0 Å². The van der Waals surface area contributed by atoms with Crippen LogP contribution < -0.4 is 0 Å². The zero-order chi connectivity index (χ0) is 12.9. The number of halogens is 4. The molecule has 1 aromatic rings. The number of alkyl halides is 4. The molecule has 17 heavy (non-hydrogen) atoms. The normalized spacial score (nSPS) is 11.5. The molecule has 0 aliphatic rings. The highest BCUT2D eigenvalue weighted by Gasteiger charge is 2.40. The van der Waals surface area contributed by atoms with Crippen LogP contribution in [0.1, 0.15) is 11.1 Å². The van der Waals surface area contributed by atoms with Crippen LogP contribution in [0, 0.1) is 11.3 Å². The number of nitriles is 1. The fourth-order valence-corrected chi connectivity index (χ4v) is 1.04. The Kier molecular flexibility index (Phi) is 4.46. The van der Waals surface area contributed by atoms with Gasteiger partial charge in [-0.05, 0) is 17.7 Å². The van der Waals surface area contributed by atoms with Gasteiger partial charge in [-0.2, -0.15) is 14.0 Å². The Morgan fingerprint density at radius 3 is 2.29 bits per heavy atom. The Morgan fingerprint density at radius 1 is 1.24 bits per heavy atom. The Hall–Kier alpha value is -1.61. The van der Waals surface area contributed by atoms with Crippen LogP contribution >= 0.6 is 0 Å². The van der Waals surface area contributed by atoms with E-state index in [1.165, 1.54) is 24.3 Å². The molecule has 0 spiro atoms. The average Bonchev–Trinajstić information content (AvgIpc) is 2.29. The van der Waals surface area contributed by atoms with Gasteiger partial charge in [0.2, 0.25) is 0 Å². The van der Waals surface area contributed by atoms with E-state index in [-0.39, 0.29) is 6.61 Å². The van der Waals surface area contributed by atoms with Crippen molar-refractivity contribution >= 4 is 0 Å². The lowest BCUT2D eigenvalue weighted by Gasteiger charge is -2.15. The van der Waals surface area contributed by atoms with Crippen LogP contribution in [0.2, 0.25) is 0 Å². The molecule has 0 amide bonds. The first-order valence-electron chi connectivity index (χ1n) is 4.68. The molecular formula is C11H9F4NO. The molecule has 1 aromatic carbocycles. The minimum Gasteiger partial charge on any atom is -0.370 e. The molecule has 0 bridgehead atoms. The van der Waals surface area contributed by atoms with E-state index in [0.717, 1.165) is 0 Å². The van der Waals surface area contributed by atoms with E-state index in [2.05, 4.69) is 4.74 Å². The van der Waals surface area contributed by atoms with Gasteiger partial charge in [0.05, 0.1) is 18.2 Å². The molecule has 1 rings (SSSR count). The molecule has 0 N–H and O–H groups in total. The molecule has 92 valence electrons. The minimum absolute atomic E-state index is 0.200. The Labute approximate surface area is 95.4 Å². The van der Waals surface area contributed by atoms with Crippen LogP contribution in [0.4, 0.5) is 17.6 Å². The number of hydrogen-bond acceptors (Lipinski definition) is 2. The van der Waals surface area contributed by atoms with Gasteiger partial charge in [0.15, 0.2) is 0 Å². The van der Waals surface area contributed by atoms with E-state index in [4.69, 9.17) is 5.26 Å². The molecular weight excluding hydrogens is 238 g/mol. The minimum atomic E-state index is -4.13. The van der Waals surface area contributed by atoms with Crippen LogP contribution in [0.5, 0.6) is 0 Å². The third kappa shape index (κ3) is 4.04. The van der Waals surface area contributed by atoms with E-state index in [1.807, 2.05) is 6.07 Å². The monoisotopic (exact) mass is 247 g/mol. The first-order valence-corrected chi connectivity index (χ1v) is 4.68. The highest BCUT2D eigenvalue weighted by atomic mass is 19.3. The fourth-order valence-electron chi connectivity index (χ4n) is 1.04. The molecule has 2 nitrogen and oxygen atoms in total. The van der Waals surface area contributed by atoms with Gasteiger partial charge >= 0.3 is 12.3 Å². The predicted octanol–water partition coefficient (Wildman–Crippen LogP) is 2.98. The van der Waals surface area contributed by atoms with E-state index in [0.29, 0.717) is 11.1 Å². The third-order valence-electron chi connectivity index (χ3n) is 1.97. The molecule has 0 unspecified atom stereocenters. The topological polar surface area (TPSA) is 33.0 Å². The summed E-state index contributed by atoms with van der Waals surface area (Å²) in [6, 6.07) is 7.90.